The summed E-state index contributed by atoms with van der Waals surface area (Å²) in [4.78, 5) is 13.3. The third-order valence-corrected chi connectivity index (χ3v) is 2.49. The molecule has 0 aliphatic carbocycles. The van der Waals surface area contributed by atoms with Gasteiger partial charge in [-0.3, -0.25) is 9.69 Å². The molecule has 0 aromatic rings. The number of hydrogen-bond donors (Lipinski definition) is 0. The highest BCUT2D eigenvalue weighted by atomic mass is 16.1. The van der Waals surface area contributed by atoms with Gasteiger partial charge in [-0.25, -0.2) is 0 Å². The first-order valence-electron chi connectivity index (χ1n) is 4.42. The van der Waals surface area contributed by atoms with Crippen LogP contribution in [0.3, 0.4) is 0 Å². The van der Waals surface area contributed by atoms with E-state index < -0.39 is 0 Å². The Balaban J connectivity index is 2.52. The quantitative estimate of drug-likeness (QED) is 0.571. The van der Waals surface area contributed by atoms with Gasteiger partial charge < -0.3 is 0 Å². The molecular formula is C9H17NO. The van der Waals surface area contributed by atoms with E-state index in [1.165, 1.54) is 19.3 Å². The SMILES string of the molecule is CC(=O)C1CCCCCN1C. The molecule has 0 bridgehead atoms. The predicted octanol–water partition coefficient (Wildman–Crippen LogP) is 1.45. The lowest BCUT2D eigenvalue weighted by Gasteiger charge is -2.22. The first-order chi connectivity index (χ1) is 5.22. The highest BCUT2D eigenvalue weighted by Crippen LogP contribution is 2.15. The molecule has 11 heavy (non-hydrogen) atoms. The fourth-order valence-electron chi connectivity index (χ4n) is 1.77. The van der Waals surface area contributed by atoms with E-state index in [1.54, 1.807) is 6.92 Å². The first-order valence-corrected chi connectivity index (χ1v) is 4.42. The normalized spacial score (nSPS) is 28.0. The molecule has 1 aliphatic rings. The Labute approximate surface area is 68.6 Å². The topological polar surface area (TPSA) is 20.3 Å². The van der Waals surface area contributed by atoms with Gasteiger partial charge in [0.1, 0.15) is 5.78 Å². The van der Waals surface area contributed by atoms with Crippen LogP contribution in [-0.2, 0) is 4.79 Å². The number of nitrogens with zero attached hydrogens (tertiary/aromatic N) is 1. The van der Waals surface area contributed by atoms with Crippen molar-refractivity contribution in [2.24, 2.45) is 0 Å². The summed E-state index contributed by atoms with van der Waals surface area (Å²) in [7, 11) is 2.05. The molecule has 1 aliphatic heterocycles. The van der Waals surface area contributed by atoms with Gasteiger partial charge >= 0.3 is 0 Å². The highest BCUT2D eigenvalue weighted by Gasteiger charge is 2.20. The van der Waals surface area contributed by atoms with Crippen molar-refractivity contribution in [1.82, 2.24) is 4.90 Å². The maximum absolute atomic E-state index is 11.1. The minimum Gasteiger partial charge on any atom is -0.298 e. The Kier molecular flexibility index (Phi) is 3.06. The van der Waals surface area contributed by atoms with Gasteiger partial charge in [-0.1, -0.05) is 12.8 Å². The lowest BCUT2D eigenvalue weighted by Crippen LogP contribution is -2.36. The second kappa shape index (κ2) is 3.86. The number of likely N-dealkylation sites (tertiary alicyclic amines) is 1. The van der Waals surface area contributed by atoms with Crippen molar-refractivity contribution in [3.05, 3.63) is 0 Å². The summed E-state index contributed by atoms with van der Waals surface area (Å²) >= 11 is 0. The number of rotatable bonds is 1. The van der Waals surface area contributed by atoms with Crippen molar-refractivity contribution in [2.75, 3.05) is 13.6 Å². The summed E-state index contributed by atoms with van der Waals surface area (Å²) in [6.07, 6.45) is 4.81. The average molecular weight is 155 g/mol. The third-order valence-electron chi connectivity index (χ3n) is 2.49. The predicted molar refractivity (Wildman–Crippen MR) is 45.6 cm³/mol. The molecule has 0 amide bonds. The molecule has 1 unspecified atom stereocenters. The Morgan fingerprint density at radius 3 is 2.73 bits per heavy atom. The second-order valence-electron chi connectivity index (χ2n) is 3.46. The zero-order valence-electron chi connectivity index (χ0n) is 7.47. The average Bonchev–Trinajstić information content (AvgIpc) is 2.13. The number of Topliss-reactive ketones (excluding diaryl/α,β-unsaturated/α-hetero) is 1. The Morgan fingerprint density at radius 1 is 1.36 bits per heavy atom. The largest absolute Gasteiger partial charge is 0.298 e. The van der Waals surface area contributed by atoms with Gasteiger partial charge in [0, 0.05) is 0 Å². The zero-order valence-corrected chi connectivity index (χ0v) is 7.47. The van der Waals surface area contributed by atoms with E-state index in [2.05, 4.69) is 11.9 Å². The van der Waals surface area contributed by atoms with E-state index in [0.717, 1.165) is 13.0 Å². The molecule has 0 saturated carbocycles. The zero-order chi connectivity index (χ0) is 8.27. The molecule has 0 aromatic carbocycles. The van der Waals surface area contributed by atoms with Gasteiger partial charge in [0.25, 0.3) is 0 Å². The molecular weight excluding hydrogens is 138 g/mol. The fraction of sp³-hybridized carbons (Fsp3) is 0.889. The minimum absolute atomic E-state index is 0.206. The number of carbonyl (C=O) groups excluding carboxylic acids is 1. The molecule has 1 saturated heterocycles. The summed E-state index contributed by atoms with van der Waals surface area (Å²) < 4.78 is 0. The van der Waals surface area contributed by atoms with Crippen molar-refractivity contribution in [1.29, 1.82) is 0 Å². The van der Waals surface area contributed by atoms with E-state index in [0.29, 0.717) is 5.78 Å². The van der Waals surface area contributed by atoms with E-state index >= 15 is 0 Å². The first kappa shape index (κ1) is 8.72. The minimum atomic E-state index is 0.206. The molecule has 0 spiro atoms. The Hall–Kier alpha value is -0.370. The Morgan fingerprint density at radius 2 is 2.09 bits per heavy atom. The molecule has 2 heteroatoms. The molecule has 1 fully saturated rings. The number of likely N-dealkylation sites (N-methyl/N-ethyl adjacent to an activating group) is 1. The molecule has 1 rings (SSSR count). The van der Waals surface area contributed by atoms with Gasteiger partial charge in [-0.05, 0) is 33.4 Å². The maximum Gasteiger partial charge on any atom is 0.146 e. The summed E-state index contributed by atoms with van der Waals surface area (Å²) in [5.41, 5.74) is 0. The standard InChI is InChI=1S/C9H17NO/c1-8(11)9-6-4-3-5-7-10(9)2/h9H,3-7H2,1-2H3. The van der Waals surface area contributed by atoms with Crippen molar-refractivity contribution in [3.8, 4) is 0 Å². The van der Waals surface area contributed by atoms with Crippen molar-refractivity contribution < 1.29 is 4.79 Å². The van der Waals surface area contributed by atoms with Crippen molar-refractivity contribution in [3.63, 3.8) is 0 Å². The fourth-order valence-corrected chi connectivity index (χ4v) is 1.77. The van der Waals surface area contributed by atoms with Crippen LogP contribution in [-0.4, -0.2) is 30.3 Å². The van der Waals surface area contributed by atoms with Crippen LogP contribution in [0.4, 0.5) is 0 Å². The monoisotopic (exact) mass is 155 g/mol. The van der Waals surface area contributed by atoms with Crippen LogP contribution in [0.15, 0.2) is 0 Å². The van der Waals surface area contributed by atoms with Crippen LogP contribution in [0.2, 0.25) is 0 Å². The van der Waals surface area contributed by atoms with Crippen LogP contribution >= 0.6 is 0 Å². The molecule has 1 atom stereocenters. The molecule has 64 valence electrons. The van der Waals surface area contributed by atoms with Crippen LogP contribution in [0.1, 0.15) is 32.6 Å². The van der Waals surface area contributed by atoms with Crippen molar-refractivity contribution in [2.45, 2.75) is 38.6 Å². The van der Waals surface area contributed by atoms with Gasteiger partial charge in [0.15, 0.2) is 0 Å². The molecule has 0 N–H and O–H groups in total. The third kappa shape index (κ3) is 2.29. The van der Waals surface area contributed by atoms with Gasteiger partial charge in [0.2, 0.25) is 0 Å². The number of carbonyl (C=O) groups is 1. The second-order valence-corrected chi connectivity index (χ2v) is 3.46. The van der Waals surface area contributed by atoms with E-state index in [9.17, 15) is 4.79 Å². The lowest BCUT2D eigenvalue weighted by molar-refractivity contribution is -0.121. The summed E-state index contributed by atoms with van der Waals surface area (Å²) in [6, 6.07) is 0.206. The maximum atomic E-state index is 11.1. The lowest BCUT2D eigenvalue weighted by atomic mass is 10.1. The number of ketones is 1. The van der Waals surface area contributed by atoms with Crippen LogP contribution in [0.25, 0.3) is 0 Å². The van der Waals surface area contributed by atoms with E-state index in [4.69, 9.17) is 0 Å². The van der Waals surface area contributed by atoms with Crippen LogP contribution in [0, 0.1) is 0 Å². The van der Waals surface area contributed by atoms with Crippen LogP contribution < -0.4 is 0 Å². The molecule has 1 heterocycles. The van der Waals surface area contributed by atoms with Gasteiger partial charge in [-0.15, -0.1) is 0 Å². The summed E-state index contributed by atoms with van der Waals surface area (Å²) in [5.74, 6) is 0.328. The number of hydrogen-bond acceptors (Lipinski definition) is 2. The molecule has 0 aromatic heterocycles. The van der Waals surface area contributed by atoms with E-state index in [-0.39, 0.29) is 6.04 Å². The summed E-state index contributed by atoms with van der Waals surface area (Å²) in [6.45, 7) is 2.79. The van der Waals surface area contributed by atoms with Gasteiger partial charge in [-0.2, -0.15) is 0 Å². The van der Waals surface area contributed by atoms with Crippen LogP contribution in [0.5, 0.6) is 0 Å². The Bertz CT molecular complexity index is 144. The van der Waals surface area contributed by atoms with Crippen molar-refractivity contribution >= 4 is 5.78 Å². The van der Waals surface area contributed by atoms with E-state index in [1.807, 2.05) is 0 Å². The molecule has 2 nitrogen and oxygen atoms in total. The van der Waals surface area contributed by atoms with Gasteiger partial charge in [0.05, 0.1) is 6.04 Å². The smallest absolute Gasteiger partial charge is 0.146 e. The summed E-state index contributed by atoms with van der Waals surface area (Å²) in [5, 5.41) is 0. The molecule has 0 radical (unpaired) electrons. The highest BCUT2D eigenvalue weighted by molar-refractivity contribution is 5.81.